The van der Waals surface area contributed by atoms with E-state index in [0.29, 0.717) is 0 Å². The Bertz CT molecular complexity index is 556. The third-order valence-corrected chi connectivity index (χ3v) is 3.99. The van der Waals surface area contributed by atoms with Crippen LogP contribution in [-0.4, -0.2) is 37.7 Å². The molecule has 3 rings (SSSR count). The highest BCUT2D eigenvalue weighted by molar-refractivity contribution is 5.86. The Morgan fingerprint density at radius 2 is 1.90 bits per heavy atom. The lowest BCUT2D eigenvalue weighted by Gasteiger charge is -2.24. The molecule has 1 fully saturated rings. The van der Waals surface area contributed by atoms with Crippen molar-refractivity contribution >= 4 is 10.8 Å². The van der Waals surface area contributed by atoms with Crippen molar-refractivity contribution in [1.82, 2.24) is 4.90 Å². The molecule has 1 unspecified atom stereocenters. The van der Waals surface area contributed by atoms with Crippen LogP contribution < -0.4 is 5.73 Å². The molecule has 0 aliphatic carbocycles. The quantitative estimate of drug-likeness (QED) is 0.931. The maximum Gasteiger partial charge on any atom is 0.0593 e. The summed E-state index contributed by atoms with van der Waals surface area (Å²) in [7, 11) is 0. The molecule has 0 spiro atoms. The second-order valence-corrected chi connectivity index (χ2v) is 5.44. The summed E-state index contributed by atoms with van der Waals surface area (Å²) in [4.78, 5) is 2.42. The van der Waals surface area contributed by atoms with E-state index in [1.54, 1.807) is 0 Å². The molecule has 0 aromatic heterocycles. The van der Waals surface area contributed by atoms with Crippen molar-refractivity contribution in [3.63, 3.8) is 0 Å². The van der Waals surface area contributed by atoms with Crippen LogP contribution in [0.5, 0.6) is 0 Å². The van der Waals surface area contributed by atoms with Gasteiger partial charge in [0.2, 0.25) is 0 Å². The maximum absolute atomic E-state index is 6.46. The molecule has 106 valence electrons. The molecule has 0 bridgehead atoms. The molecule has 1 atom stereocenters. The van der Waals surface area contributed by atoms with Crippen molar-refractivity contribution < 1.29 is 4.74 Å². The summed E-state index contributed by atoms with van der Waals surface area (Å²) in [6, 6.07) is 14.9. The molecule has 1 aliphatic heterocycles. The van der Waals surface area contributed by atoms with E-state index in [2.05, 4.69) is 47.4 Å². The van der Waals surface area contributed by atoms with Crippen LogP contribution in [0.1, 0.15) is 18.0 Å². The smallest absolute Gasteiger partial charge is 0.0593 e. The van der Waals surface area contributed by atoms with Crippen LogP contribution in [-0.2, 0) is 4.74 Å². The Kier molecular flexibility index (Phi) is 4.31. The number of ether oxygens (including phenoxy) is 1. The summed E-state index contributed by atoms with van der Waals surface area (Å²) in [6.45, 7) is 4.66. The van der Waals surface area contributed by atoms with Crippen LogP contribution in [0.3, 0.4) is 0 Å². The fourth-order valence-electron chi connectivity index (χ4n) is 2.93. The number of benzene rings is 2. The van der Waals surface area contributed by atoms with Gasteiger partial charge in [-0.25, -0.2) is 0 Å². The first-order chi connectivity index (χ1) is 9.84. The molecule has 0 radical (unpaired) electrons. The predicted octanol–water partition coefficient (Wildman–Crippen LogP) is 2.56. The number of hydrogen-bond donors (Lipinski definition) is 1. The van der Waals surface area contributed by atoms with Gasteiger partial charge in [0.25, 0.3) is 0 Å². The molecule has 3 nitrogen and oxygen atoms in total. The number of rotatable bonds is 3. The number of fused-ring (bicyclic) bond motifs is 1. The lowest BCUT2D eigenvalue weighted by molar-refractivity contribution is 0.140. The second-order valence-electron chi connectivity index (χ2n) is 5.44. The van der Waals surface area contributed by atoms with Crippen molar-refractivity contribution in [1.29, 1.82) is 0 Å². The number of nitrogens with two attached hydrogens (primary N) is 1. The van der Waals surface area contributed by atoms with Gasteiger partial charge >= 0.3 is 0 Å². The average Bonchev–Trinajstić information content (AvgIpc) is 2.75. The van der Waals surface area contributed by atoms with E-state index in [0.717, 1.165) is 39.3 Å². The molecule has 2 aromatic rings. The van der Waals surface area contributed by atoms with Gasteiger partial charge in [-0.2, -0.15) is 0 Å². The predicted molar refractivity (Wildman–Crippen MR) is 82.8 cm³/mol. The third kappa shape index (κ3) is 3.01. The van der Waals surface area contributed by atoms with E-state index in [-0.39, 0.29) is 6.04 Å². The van der Waals surface area contributed by atoms with Gasteiger partial charge in [0.05, 0.1) is 6.61 Å². The Hall–Kier alpha value is -1.42. The lowest BCUT2D eigenvalue weighted by Crippen LogP contribution is -2.34. The zero-order chi connectivity index (χ0) is 13.8. The van der Waals surface area contributed by atoms with Crippen molar-refractivity contribution in [3.8, 4) is 0 Å². The topological polar surface area (TPSA) is 38.5 Å². The third-order valence-electron chi connectivity index (χ3n) is 3.99. The summed E-state index contributed by atoms with van der Waals surface area (Å²) in [5.41, 5.74) is 7.70. The van der Waals surface area contributed by atoms with E-state index in [9.17, 15) is 0 Å². The van der Waals surface area contributed by atoms with Crippen LogP contribution in [0.4, 0.5) is 0 Å². The number of hydrogen-bond acceptors (Lipinski definition) is 3. The van der Waals surface area contributed by atoms with E-state index >= 15 is 0 Å². The van der Waals surface area contributed by atoms with Gasteiger partial charge < -0.3 is 10.5 Å². The van der Waals surface area contributed by atoms with E-state index < -0.39 is 0 Å². The summed E-state index contributed by atoms with van der Waals surface area (Å²) in [5.74, 6) is 0. The van der Waals surface area contributed by atoms with Crippen LogP contribution in [0.15, 0.2) is 42.5 Å². The molecule has 20 heavy (non-hydrogen) atoms. The van der Waals surface area contributed by atoms with Crippen molar-refractivity contribution in [3.05, 3.63) is 48.0 Å². The highest BCUT2D eigenvalue weighted by Gasteiger charge is 2.15. The second kappa shape index (κ2) is 6.35. The highest BCUT2D eigenvalue weighted by atomic mass is 16.5. The molecule has 1 aliphatic rings. The van der Waals surface area contributed by atoms with Crippen LogP contribution in [0.2, 0.25) is 0 Å². The fraction of sp³-hybridized carbons (Fsp3) is 0.412. The van der Waals surface area contributed by atoms with Crippen LogP contribution in [0.25, 0.3) is 10.8 Å². The van der Waals surface area contributed by atoms with Crippen LogP contribution >= 0.6 is 0 Å². The summed E-state index contributed by atoms with van der Waals surface area (Å²) < 4.78 is 5.50. The van der Waals surface area contributed by atoms with Gasteiger partial charge in [0.1, 0.15) is 0 Å². The van der Waals surface area contributed by atoms with Gasteiger partial charge in [-0.3, -0.25) is 4.90 Å². The zero-order valence-electron chi connectivity index (χ0n) is 11.8. The summed E-state index contributed by atoms with van der Waals surface area (Å²) in [6.07, 6.45) is 1.10. The monoisotopic (exact) mass is 270 g/mol. The molecule has 0 amide bonds. The minimum absolute atomic E-state index is 0.0548. The first kappa shape index (κ1) is 13.6. The summed E-state index contributed by atoms with van der Waals surface area (Å²) >= 11 is 0. The average molecular weight is 270 g/mol. The maximum atomic E-state index is 6.46. The Labute approximate surface area is 120 Å². The van der Waals surface area contributed by atoms with E-state index in [4.69, 9.17) is 10.5 Å². The molecular formula is C17H22N2O. The summed E-state index contributed by atoms with van der Waals surface area (Å²) in [5, 5.41) is 2.54. The highest BCUT2D eigenvalue weighted by Crippen LogP contribution is 2.23. The molecule has 0 saturated carbocycles. The van der Waals surface area contributed by atoms with Gasteiger partial charge in [0.15, 0.2) is 0 Å². The lowest BCUT2D eigenvalue weighted by atomic mass is 9.99. The molecular weight excluding hydrogens is 248 g/mol. The van der Waals surface area contributed by atoms with Crippen LogP contribution in [0, 0.1) is 0 Å². The molecule has 2 N–H and O–H groups in total. The largest absolute Gasteiger partial charge is 0.380 e. The van der Waals surface area contributed by atoms with Gasteiger partial charge in [0, 0.05) is 32.3 Å². The Balaban J connectivity index is 1.79. The Morgan fingerprint density at radius 1 is 1.05 bits per heavy atom. The first-order valence-corrected chi connectivity index (χ1v) is 7.38. The standard InChI is InChI=1S/C17H22N2O/c18-17(13-19-9-4-11-20-12-10-19)16-8-3-6-14-5-1-2-7-15(14)16/h1-3,5-8,17H,4,9-13,18H2. The SMILES string of the molecule is NC(CN1CCCOCC1)c1cccc2ccccc12. The first-order valence-electron chi connectivity index (χ1n) is 7.38. The molecule has 2 aromatic carbocycles. The molecule has 1 saturated heterocycles. The Morgan fingerprint density at radius 3 is 2.85 bits per heavy atom. The molecule has 1 heterocycles. The minimum Gasteiger partial charge on any atom is -0.380 e. The van der Waals surface area contributed by atoms with Gasteiger partial charge in [-0.1, -0.05) is 42.5 Å². The minimum atomic E-state index is 0.0548. The normalized spacial score (nSPS) is 18.9. The van der Waals surface area contributed by atoms with Crippen molar-refractivity contribution in [2.24, 2.45) is 5.73 Å². The molecule has 3 heteroatoms. The van der Waals surface area contributed by atoms with E-state index in [1.807, 2.05) is 0 Å². The number of nitrogens with zero attached hydrogens (tertiary/aromatic N) is 1. The van der Waals surface area contributed by atoms with Gasteiger partial charge in [-0.15, -0.1) is 0 Å². The van der Waals surface area contributed by atoms with E-state index in [1.165, 1.54) is 16.3 Å². The van der Waals surface area contributed by atoms with Crippen molar-refractivity contribution in [2.45, 2.75) is 12.5 Å². The van der Waals surface area contributed by atoms with Crippen molar-refractivity contribution in [2.75, 3.05) is 32.8 Å². The van der Waals surface area contributed by atoms with Gasteiger partial charge in [-0.05, 0) is 22.8 Å². The zero-order valence-corrected chi connectivity index (χ0v) is 11.8. The fourth-order valence-corrected chi connectivity index (χ4v) is 2.93.